The van der Waals surface area contributed by atoms with Gasteiger partial charge in [-0.2, -0.15) is 0 Å². The minimum Gasteiger partial charge on any atom is -0.353 e. The van der Waals surface area contributed by atoms with Crippen LogP contribution < -0.4 is 0 Å². The van der Waals surface area contributed by atoms with Gasteiger partial charge in [0, 0.05) is 24.6 Å². The first-order valence-electron chi connectivity index (χ1n) is 10.2. The molecule has 27 heavy (non-hydrogen) atoms. The Labute approximate surface area is 161 Å². The van der Waals surface area contributed by atoms with E-state index in [1.54, 1.807) is 0 Å². The molecule has 0 amide bonds. The Kier molecular flexibility index (Phi) is 5.46. The van der Waals surface area contributed by atoms with Gasteiger partial charge in [0.25, 0.3) is 0 Å². The van der Waals surface area contributed by atoms with Crippen LogP contribution in [0.15, 0.2) is 48.7 Å². The summed E-state index contributed by atoms with van der Waals surface area (Å²) >= 11 is 0. The molecule has 1 aromatic carbocycles. The lowest BCUT2D eigenvalue weighted by molar-refractivity contribution is -0.171. The van der Waals surface area contributed by atoms with Gasteiger partial charge in [0.15, 0.2) is 12.1 Å². The number of hydrogen-bond donors (Lipinski definition) is 0. The maximum Gasteiger partial charge on any atom is 0.179 e. The molecule has 1 saturated carbocycles. The number of ketones is 1. The molecule has 144 valence electrons. The molecule has 2 fully saturated rings. The van der Waals surface area contributed by atoms with Gasteiger partial charge in [-0.15, -0.1) is 0 Å². The molecule has 0 radical (unpaired) electrons. The largest absolute Gasteiger partial charge is 0.353 e. The fraction of sp³-hybridized carbons (Fsp3) is 0.522. The van der Waals surface area contributed by atoms with E-state index in [1.807, 2.05) is 36.5 Å². The maximum absolute atomic E-state index is 13.1. The van der Waals surface area contributed by atoms with E-state index >= 15 is 0 Å². The quantitative estimate of drug-likeness (QED) is 0.617. The van der Waals surface area contributed by atoms with Gasteiger partial charge in [-0.1, -0.05) is 30.3 Å². The van der Waals surface area contributed by atoms with Gasteiger partial charge in [0.2, 0.25) is 0 Å². The Balaban J connectivity index is 1.39. The summed E-state index contributed by atoms with van der Waals surface area (Å²) in [7, 11) is 0. The van der Waals surface area contributed by atoms with Crippen molar-refractivity contribution in [3.8, 4) is 0 Å². The Bertz CT molecular complexity index is 757. The number of Topliss-reactive ketones (excluding diaryl/α,β-unsaturated/α-hetero) is 1. The van der Waals surface area contributed by atoms with Crippen LogP contribution in [0.1, 0.15) is 67.5 Å². The van der Waals surface area contributed by atoms with Gasteiger partial charge in [-0.25, -0.2) is 0 Å². The standard InChI is InChI=1S/C23H29NO3/c1-18(19-8-3-2-4-9-19)24-14-7-10-20(24)21(25)16-23(12-13-23)17-27-22-11-5-6-15-26-22/h2-4,7-10,14,18,22H,5-6,11-13,15-17H2,1H3/t18-,22?/m1/s1. The average molecular weight is 367 g/mol. The molecule has 1 aromatic heterocycles. The molecule has 4 rings (SSSR count). The summed E-state index contributed by atoms with van der Waals surface area (Å²) in [6.45, 7) is 3.57. The molecule has 1 aliphatic heterocycles. The average Bonchev–Trinajstić information content (AvgIpc) is 3.29. The van der Waals surface area contributed by atoms with Gasteiger partial charge in [-0.3, -0.25) is 4.79 Å². The van der Waals surface area contributed by atoms with Crippen LogP contribution in [0, 0.1) is 5.41 Å². The molecule has 1 aliphatic carbocycles. The van der Waals surface area contributed by atoms with E-state index in [4.69, 9.17) is 9.47 Å². The molecule has 0 bridgehead atoms. The molecule has 2 atom stereocenters. The number of rotatable bonds is 8. The Hall–Kier alpha value is -1.91. The minimum atomic E-state index is -0.0757. The zero-order chi connectivity index (χ0) is 18.7. The highest BCUT2D eigenvalue weighted by Crippen LogP contribution is 2.50. The molecule has 4 nitrogen and oxygen atoms in total. The van der Waals surface area contributed by atoms with E-state index < -0.39 is 0 Å². The lowest BCUT2D eigenvalue weighted by Gasteiger charge is -2.25. The number of hydrogen-bond acceptors (Lipinski definition) is 3. The SMILES string of the molecule is C[C@H](c1ccccc1)n1cccc1C(=O)CC1(COC2CCCCO2)CC1. The number of nitrogens with zero attached hydrogens (tertiary/aromatic N) is 1. The number of benzene rings is 1. The topological polar surface area (TPSA) is 40.5 Å². The van der Waals surface area contributed by atoms with Gasteiger partial charge in [0.1, 0.15) is 0 Å². The molecule has 4 heteroatoms. The van der Waals surface area contributed by atoms with Crippen molar-refractivity contribution in [3.63, 3.8) is 0 Å². The summed E-state index contributed by atoms with van der Waals surface area (Å²) < 4.78 is 13.8. The lowest BCUT2D eigenvalue weighted by atomic mass is 9.98. The second kappa shape index (κ2) is 7.99. The molecule has 2 aliphatic rings. The van der Waals surface area contributed by atoms with Crippen LogP contribution in [-0.2, 0) is 9.47 Å². The fourth-order valence-electron chi connectivity index (χ4n) is 3.95. The molecule has 2 aromatic rings. The highest BCUT2D eigenvalue weighted by Gasteiger charge is 2.45. The van der Waals surface area contributed by atoms with Crippen LogP contribution in [0.3, 0.4) is 0 Å². The fourth-order valence-corrected chi connectivity index (χ4v) is 3.95. The Morgan fingerprint density at radius 3 is 2.74 bits per heavy atom. The second-order valence-electron chi connectivity index (χ2n) is 8.09. The number of ether oxygens (including phenoxy) is 2. The number of carbonyl (C=O) groups is 1. The van der Waals surface area contributed by atoms with Crippen LogP contribution in [-0.4, -0.2) is 29.9 Å². The van der Waals surface area contributed by atoms with Crippen LogP contribution in [0.5, 0.6) is 0 Å². The van der Waals surface area contributed by atoms with E-state index in [1.165, 1.54) is 12.0 Å². The van der Waals surface area contributed by atoms with Gasteiger partial charge in [0.05, 0.1) is 18.3 Å². The zero-order valence-electron chi connectivity index (χ0n) is 16.1. The Morgan fingerprint density at radius 1 is 1.22 bits per heavy atom. The van der Waals surface area contributed by atoms with E-state index in [0.717, 1.165) is 38.0 Å². The first-order valence-corrected chi connectivity index (χ1v) is 10.2. The number of aromatic nitrogens is 1. The van der Waals surface area contributed by atoms with Gasteiger partial charge < -0.3 is 14.0 Å². The zero-order valence-corrected chi connectivity index (χ0v) is 16.1. The first-order chi connectivity index (χ1) is 13.2. The smallest absolute Gasteiger partial charge is 0.179 e. The van der Waals surface area contributed by atoms with Crippen molar-refractivity contribution < 1.29 is 14.3 Å². The Morgan fingerprint density at radius 2 is 2.04 bits per heavy atom. The van der Waals surface area contributed by atoms with Crippen LogP contribution >= 0.6 is 0 Å². The van der Waals surface area contributed by atoms with Crippen LogP contribution in [0.2, 0.25) is 0 Å². The predicted octanol–water partition coefficient (Wildman–Crippen LogP) is 4.99. The third-order valence-corrected chi connectivity index (χ3v) is 5.97. The highest BCUT2D eigenvalue weighted by atomic mass is 16.7. The summed E-state index contributed by atoms with van der Waals surface area (Å²) in [5.41, 5.74) is 2.02. The monoisotopic (exact) mass is 367 g/mol. The van der Waals surface area contributed by atoms with E-state index in [-0.39, 0.29) is 23.5 Å². The van der Waals surface area contributed by atoms with Crippen molar-refractivity contribution in [2.75, 3.05) is 13.2 Å². The molecule has 2 heterocycles. The van der Waals surface area contributed by atoms with Crippen molar-refractivity contribution in [2.45, 2.75) is 57.8 Å². The van der Waals surface area contributed by atoms with Crippen molar-refractivity contribution in [3.05, 3.63) is 59.9 Å². The second-order valence-corrected chi connectivity index (χ2v) is 8.09. The summed E-state index contributed by atoms with van der Waals surface area (Å²) in [5, 5.41) is 0. The molecule has 0 N–H and O–H groups in total. The third kappa shape index (κ3) is 4.33. The number of carbonyl (C=O) groups excluding carboxylic acids is 1. The molecule has 1 unspecified atom stereocenters. The lowest BCUT2D eigenvalue weighted by Crippen LogP contribution is -2.27. The van der Waals surface area contributed by atoms with Crippen molar-refractivity contribution in [1.82, 2.24) is 4.57 Å². The van der Waals surface area contributed by atoms with Crippen molar-refractivity contribution in [2.24, 2.45) is 5.41 Å². The van der Waals surface area contributed by atoms with Crippen LogP contribution in [0.4, 0.5) is 0 Å². The molecule has 1 saturated heterocycles. The van der Waals surface area contributed by atoms with E-state index in [0.29, 0.717) is 13.0 Å². The summed E-state index contributed by atoms with van der Waals surface area (Å²) in [4.78, 5) is 13.1. The summed E-state index contributed by atoms with van der Waals surface area (Å²) in [6.07, 6.45) is 7.90. The first kappa shape index (κ1) is 18.5. The van der Waals surface area contributed by atoms with Gasteiger partial charge in [-0.05, 0) is 56.7 Å². The normalized spacial score (nSPS) is 22.3. The molecular formula is C23H29NO3. The van der Waals surface area contributed by atoms with E-state index in [9.17, 15) is 4.79 Å². The van der Waals surface area contributed by atoms with E-state index in [2.05, 4.69) is 23.6 Å². The third-order valence-electron chi connectivity index (χ3n) is 5.97. The summed E-state index contributed by atoms with van der Waals surface area (Å²) in [5.74, 6) is 0.216. The van der Waals surface area contributed by atoms with Crippen LogP contribution in [0.25, 0.3) is 0 Å². The van der Waals surface area contributed by atoms with Crippen molar-refractivity contribution in [1.29, 1.82) is 0 Å². The minimum absolute atomic E-state index is 0.0168. The highest BCUT2D eigenvalue weighted by molar-refractivity contribution is 5.95. The molecule has 0 spiro atoms. The predicted molar refractivity (Wildman–Crippen MR) is 105 cm³/mol. The van der Waals surface area contributed by atoms with Crippen molar-refractivity contribution >= 4 is 5.78 Å². The maximum atomic E-state index is 13.1. The summed E-state index contributed by atoms with van der Waals surface area (Å²) in [6, 6.07) is 14.4. The molecular weight excluding hydrogens is 338 g/mol. The van der Waals surface area contributed by atoms with Gasteiger partial charge >= 0.3 is 0 Å².